The van der Waals surface area contributed by atoms with E-state index in [1.165, 1.54) is 11.0 Å². The molecular weight excluding hydrogens is 202 g/mol. The van der Waals surface area contributed by atoms with E-state index in [9.17, 15) is 15.3 Å². The van der Waals surface area contributed by atoms with Gasteiger partial charge in [-0.1, -0.05) is 0 Å². The summed E-state index contributed by atoms with van der Waals surface area (Å²) in [5.41, 5.74) is -1.54. The van der Waals surface area contributed by atoms with Crippen molar-refractivity contribution in [3.63, 3.8) is 0 Å². The van der Waals surface area contributed by atoms with E-state index in [0.29, 0.717) is 5.82 Å². The summed E-state index contributed by atoms with van der Waals surface area (Å²) >= 11 is 0. The molecule has 3 rings (SSSR count). The van der Waals surface area contributed by atoms with Gasteiger partial charge in [0.05, 0.1) is 0 Å². The van der Waals surface area contributed by atoms with Crippen molar-refractivity contribution in [2.45, 2.75) is 37.1 Å². The second kappa shape index (κ2) is 2.56. The average molecular weight is 213 g/mol. The van der Waals surface area contributed by atoms with Gasteiger partial charge in [-0.25, -0.2) is 9.67 Å². The number of hydrogen-bond donors (Lipinski definition) is 3. The van der Waals surface area contributed by atoms with Crippen LogP contribution in [0.3, 0.4) is 0 Å². The molecule has 1 unspecified atom stereocenters. The highest BCUT2D eigenvalue weighted by atomic mass is 16.6. The largest absolute Gasteiger partial charge is 0.387 e. The zero-order chi connectivity index (χ0) is 10.8. The second-order valence-corrected chi connectivity index (χ2v) is 4.00. The maximum Gasteiger partial charge on any atom is 0.181 e. The normalized spacial score (nSPS) is 48.0. The Kier molecular flexibility index (Phi) is 1.57. The van der Waals surface area contributed by atoms with Crippen LogP contribution in [-0.4, -0.2) is 54.0 Å². The zero-order valence-electron chi connectivity index (χ0n) is 7.98. The maximum absolute atomic E-state index is 9.77. The van der Waals surface area contributed by atoms with Gasteiger partial charge in [0.2, 0.25) is 0 Å². The van der Waals surface area contributed by atoms with Crippen LogP contribution in [0.1, 0.15) is 12.1 Å². The Labute approximate surface area is 84.9 Å². The molecule has 1 aliphatic heterocycles. The monoisotopic (exact) mass is 213 g/mol. The minimum atomic E-state index is -1.54. The quantitative estimate of drug-likeness (QED) is 0.496. The number of aliphatic hydroxyl groups excluding tert-OH is 2. The number of rotatable bonds is 1. The van der Waals surface area contributed by atoms with Crippen LogP contribution in [0, 0.1) is 6.92 Å². The van der Waals surface area contributed by atoms with Gasteiger partial charge in [-0.05, 0) is 6.92 Å². The number of aliphatic hydroxyl groups is 3. The third-order valence-corrected chi connectivity index (χ3v) is 3.02. The lowest BCUT2D eigenvalue weighted by Gasteiger charge is -2.20. The molecule has 7 heteroatoms. The molecule has 1 aliphatic carbocycles. The topological polar surface area (TPSA) is 101 Å². The van der Waals surface area contributed by atoms with E-state index in [1.54, 1.807) is 6.92 Å². The van der Waals surface area contributed by atoms with Gasteiger partial charge in [0, 0.05) is 0 Å². The smallest absolute Gasteiger partial charge is 0.181 e. The van der Waals surface area contributed by atoms with Crippen molar-refractivity contribution in [2.24, 2.45) is 0 Å². The molecule has 5 atom stereocenters. The Balaban J connectivity index is 1.87. The predicted molar refractivity (Wildman–Crippen MR) is 45.6 cm³/mol. The number of aryl methyl sites for hydroxylation is 1. The summed E-state index contributed by atoms with van der Waals surface area (Å²) in [6.45, 7) is 1.71. The zero-order valence-corrected chi connectivity index (χ0v) is 7.98. The molecule has 0 spiro atoms. The number of aromatic nitrogens is 3. The third kappa shape index (κ3) is 0.979. The lowest BCUT2D eigenvalue weighted by atomic mass is 10.1. The van der Waals surface area contributed by atoms with E-state index in [4.69, 9.17) is 4.74 Å². The Hall–Kier alpha value is -1.02. The highest BCUT2D eigenvalue weighted by Gasteiger charge is 2.76. The van der Waals surface area contributed by atoms with Crippen LogP contribution >= 0.6 is 0 Å². The summed E-state index contributed by atoms with van der Waals surface area (Å²) in [5.74, 6) is 0.555. The number of hydrogen-bond acceptors (Lipinski definition) is 6. The number of nitrogens with zero attached hydrogens (tertiary/aromatic N) is 3. The van der Waals surface area contributed by atoms with Gasteiger partial charge >= 0.3 is 0 Å². The first-order valence-corrected chi connectivity index (χ1v) is 4.67. The van der Waals surface area contributed by atoms with Crippen LogP contribution in [0.5, 0.6) is 0 Å². The van der Waals surface area contributed by atoms with Crippen LogP contribution in [0.25, 0.3) is 0 Å². The number of ether oxygens (including phenoxy) is 1. The summed E-state index contributed by atoms with van der Waals surface area (Å²) in [6.07, 6.45) is -2.26. The summed E-state index contributed by atoms with van der Waals surface area (Å²) in [5, 5.41) is 32.8. The van der Waals surface area contributed by atoms with Crippen molar-refractivity contribution in [3.8, 4) is 0 Å². The molecular formula is C8H11N3O4. The molecule has 2 fully saturated rings. The Morgan fingerprint density at radius 2 is 2.20 bits per heavy atom. The molecule has 1 aromatic heterocycles. The van der Waals surface area contributed by atoms with Crippen molar-refractivity contribution in [2.75, 3.05) is 0 Å². The molecule has 0 amide bonds. The van der Waals surface area contributed by atoms with Gasteiger partial charge in [-0.15, -0.1) is 0 Å². The lowest BCUT2D eigenvalue weighted by molar-refractivity contribution is -0.100. The van der Waals surface area contributed by atoms with E-state index in [2.05, 4.69) is 10.1 Å². The van der Waals surface area contributed by atoms with Crippen LogP contribution in [0.15, 0.2) is 6.33 Å². The molecule has 3 N–H and O–H groups in total. The molecule has 1 saturated carbocycles. The lowest BCUT2D eigenvalue weighted by Crippen LogP contribution is -2.36. The highest BCUT2D eigenvalue weighted by molar-refractivity contribution is 5.24. The Bertz CT molecular complexity index is 408. The molecule has 2 heterocycles. The van der Waals surface area contributed by atoms with E-state index in [1.807, 2.05) is 0 Å². The van der Waals surface area contributed by atoms with Crippen LogP contribution in [-0.2, 0) is 4.74 Å². The van der Waals surface area contributed by atoms with Gasteiger partial charge < -0.3 is 20.1 Å². The highest BCUT2D eigenvalue weighted by Crippen LogP contribution is 2.53. The maximum atomic E-state index is 9.77. The fourth-order valence-electron chi connectivity index (χ4n) is 2.01. The molecule has 82 valence electrons. The van der Waals surface area contributed by atoms with E-state index >= 15 is 0 Å². The van der Waals surface area contributed by atoms with Gasteiger partial charge in [0.1, 0.15) is 30.5 Å². The molecule has 0 aromatic carbocycles. The first kappa shape index (κ1) is 9.22. The van der Waals surface area contributed by atoms with E-state index in [0.717, 1.165) is 0 Å². The van der Waals surface area contributed by atoms with Gasteiger partial charge in [0.15, 0.2) is 11.8 Å². The Morgan fingerprint density at radius 1 is 1.47 bits per heavy atom. The first-order valence-electron chi connectivity index (χ1n) is 4.67. The first-order chi connectivity index (χ1) is 7.05. The molecule has 7 nitrogen and oxygen atoms in total. The fraction of sp³-hybridized carbons (Fsp3) is 0.750. The van der Waals surface area contributed by atoms with Crippen molar-refractivity contribution in [1.29, 1.82) is 0 Å². The molecule has 0 bridgehead atoms. The molecule has 15 heavy (non-hydrogen) atoms. The van der Waals surface area contributed by atoms with Crippen molar-refractivity contribution in [3.05, 3.63) is 12.2 Å². The molecule has 0 radical (unpaired) electrons. The van der Waals surface area contributed by atoms with E-state index in [-0.39, 0.29) is 0 Å². The summed E-state index contributed by atoms with van der Waals surface area (Å²) < 4.78 is 6.62. The standard InChI is InChI=1S/C8H11N3O4/c1-3-9-2-11(10-3)7-5(13)8(14)4(12)6(8)15-7/h2,4-7,12-14H,1H3/t4?,5-,6+,7+,8-/m0/s1. The van der Waals surface area contributed by atoms with Crippen molar-refractivity contribution >= 4 is 0 Å². The Morgan fingerprint density at radius 3 is 2.67 bits per heavy atom. The predicted octanol–water partition coefficient (Wildman–Crippen LogP) is -2.05. The second-order valence-electron chi connectivity index (χ2n) is 4.00. The average Bonchev–Trinajstić information content (AvgIpc) is 2.57. The van der Waals surface area contributed by atoms with E-state index < -0.39 is 30.1 Å². The summed E-state index contributed by atoms with van der Waals surface area (Å²) in [4.78, 5) is 3.89. The third-order valence-electron chi connectivity index (χ3n) is 3.02. The van der Waals surface area contributed by atoms with Crippen LogP contribution < -0.4 is 0 Å². The summed E-state index contributed by atoms with van der Waals surface area (Å²) in [6, 6.07) is 0. The van der Waals surface area contributed by atoms with Gasteiger partial charge in [-0.2, -0.15) is 5.10 Å². The van der Waals surface area contributed by atoms with Crippen LogP contribution in [0.2, 0.25) is 0 Å². The van der Waals surface area contributed by atoms with Gasteiger partial charge in [-0.3, -0.25) is 0 Å². The van der Waals surface area contributed by atoms with Gasteiger partial charge in [0.25, 0.3) is 0 Å². The van der Waals surface area contributed by atoms with Crippen LogP contribution in [0.4, 0.5) is 0 Å². The minimum Gasteiger partial charge on any atom is -0.387 e. The summed E-state index contributed by atoms with van der Waals surface area (Å²) in [7, 11) is 0. The SMILES string of the molecule is Cc1ncn([C@@H]2O[C@@H]3C(O)[C@]3(O)[C@H]2O)n1. The van der Waals surface area contributed by atoms with Crippen molar-refractivity contribution < 1.29 is 20.1 Å². The number of fused-ring (bicyclic) bond motifs is 1. The molecule has 2 aliphatic rings. The minimum absolute atomic E-state index is 0.555. The molecule has 1 saturated heterocycles. The fourth-order valence-corrected chi connectivity index (χ4v) is 2.01. The molecule has 1 aromatic rings. The van der Waals surface area contributed by atoms with Crippen molar-refractivity contribution in [1.82, 2.24) is 14.8 Å².